The van der Waals surface area contributed by atoms with Gasteiger partial charge in [0.15, 0.2) is 0 Å². The maximum absolute atomic E-state index is 12.1. The lowest BCUT2D eigenvalue weighted by Crippen LogP contribution is -2.15. The molecule has 1 amide bonds. The van der Waals surface area contributed by atoms with Gasteiger partial charge < -0.3 is 10.6 Å². The van der Waals surface area contributed by atoms with Gasteiger partial charge in [0.25, 0.3) is 5.91 Å². The molecule has 0 aliphatic heterocycles. The number of nitrogens with zero attached hydrogens (tertiary/aromatic N) is 1. The number of hydrogen-bond donors (Lipinski definition) is 2. The molecule has 2 N–H and O–H groups in total. The number of nitrogens with one attached hydrogen (secondary N) is 2. The Morgan fingerprint density at radius 2 is 2.00 bits per heavy atom. The van der Waals surface area contributed by atoms with Crippen LogP contribution in [0.1, 0.15) is 34.3 Å². The van der Waals surface area contributed by atoms with E-state index < -0.39 is 0 Å². The second-order valence-electron chi connectivity index (χ2n) is 5.56. The van der Waals surface area contributed by atoms with E-state index >= 15 is 0 Å². The Morgan fingerprint density at radius 3 is 2.67 bits per heavy atom. The van der Waals surface area contributed by atoms with Gasteiger partial charge in [0.1, 0.15) is 0 Å². The standard InChI is InChI=1S/C17H19N3O/c1-12-8-14(11-18-9-12)17(21)20-16-4-2-13(3-5-16)10-19-15-6-7-15/h2-5,8-9,11,15,19H,6-7,10H2,1H3,(H,20,21). The van der Waals surface area contributed by atoms with Gasteiger partial charge in [-0.3, -0.25) is 9.78 Å². The first-order valence-corrected chi connectivity index (χ1v) is 7.26. The first kappa shape index (κ1) is 13.8. The maximum atomic E-state index is 12.1. The summed E-state index contributed by atoms with van der Waals surface area (Å²) in [6.45, 7) is 2.81. The van der Waals surface area contributed by atoms with Crippen molar-refractivity contribution in [2.75, 3.05) is 5.32 Å². The molecular formula is C17H19N3O. The van der Waals surface area contributed by atoms with Crippen LogP contribution in [0.15, 0.2) is 42.7 Å². The number of aryl methyl sites for hydroxylation is 1. The van der Waals surface area contributed by atoms with E-state index in [1.54, 1.807) is 12.4 Å². The zero-order valence-corrected chi connectivity index (χ0v) is 12.1. The fourth-order valence-corrected chi connectivity index (χ4v) is 2.14. The van der Waals surface area contributed by atoms with Crippen LogP contribution in [0.4, 0.5) is 5.69 Å². The zero-order valence-electron chi connectivity index (χ0n) is 12.1. The van der Waals surface area contributed by atoms with Crippen molar-refractivity contribution in [1.82, 2.24) is 10.3 Å². The Balaban J connectivity index is 1.60. The molecule has 1 heterocycles. The van der Waals surface area contributed by atoms with Crippen LogP contribution < -0.4 is 10.6 Å². The number of pyridine rings is 1. The second kappa shape index (κ2) is 6.06. The predicted octanol–water partition coefficient (Wildman–Crippen LogP) is 2.89. The maximum Gasteiger partial charge on any atom is 0.257 e. The van der Waals surface area contributed by atoms with Crippen molar-refractivity contribution in [2.24, 2.45) is 0 Å². The summed E-state index contributed by atoms with van der Waals surface area (Å²) < 4.78 is 0. The van der Waals surface area contributed by atoms with Gasteiger partial charge in [0.2, 0.25) is 0 Å². The molecule has 0 radical (unpaired) electrons. The van der Waals surface area contributed by atoms with E-state index in [9.17, 15) is 4.79 Å². The summed E-state index contributed by atoms with van der Waals surface area (Å²) in [6.07, 6.45) is 5.89. The van der Waals surface area contributed by atoms with Crippen LogP contribution in [0.3, 0.4) is 0 Å². The van der Waals surface area contributed by atoms with Crippen molar-refractivity contribution in [3.8, 4) is 0 Å². The Labute approximate surface area is 124 Å². The molecule has 0 bridgehead atoms. The number of aromatic nitrogens is 1. The van der Waals surface area contributed by atoms with Crippen LogP contribution >= 0.6 is 0 Å². The van der Waals surface area contributed by atoms with E-state index in [1.807, 2.05) is 37.3 Å². The summed E-state index contributed by atoms with van der Waals surface area (Å²) in [5.74, 6) is -0.130. The number of rotatable bonds is 5. The Kier molecular flexibility index (Phi) is 3.97. The van der Waals surface area contributed by atoms with Gasteiger partial charge in [0, 0.05) is 30.7 Å². The summed E-state index contributed by atoms with van der Waals surface area (Å²) in [6, 6.07) is 10.5. The molecule has 2 aromatic rings. The summed E-state index contributed by atoms with van der Waals surface area (Å²) in [4.78, 5) is 16.1. The van der Waals surface area contributed by atoms with Crippen molar-refractivity contribution in [2.45, 2.75) is 32.4 Å². The molecule has 0 saturated heterocycles. The number of amides is 1. The molecule has 21 heavy (non-hydrogen) atoms. The van der Waals surface area contributed by atoms with Crippen LogP contribution in [0.2, 0.25) is 0 Å². The van der Waals surface area contributed by atoms with E-state index in [0.29, 0.717) is 11.6 Å². The lowest BCUT2D eigenvalue weighted by atomic mass is 10.2. The van der Waals surface area contributed by atoms with Crippen molar-refractivity contribution in [3.63, 3.8) is 0 Å². The first-order chi connectivity index (χ1) is 10.2. The van der Waals surface area contributed by atoms with E-state index in [2.05, 4.69) is 15.6 Å². The fourth-order valence-electron chi connectivity index (χ4n) is 2.14. The minimum absolute atomic E-state index is 0.130. The third kappa shape index (κ3) is 3.89. The summed E-state index contributed by atoms with van der Waals surface area (Å²) in [7, 11) is 0. The largest absolute Gasteiger partial charge is 0.322 e. The molecule has 1 aliphatic carbocycles. The van der Waals surface area contributed by atoms with E-state index in [-0.39, 0.29) is 5.91 Å². The van der Waals surface area contributed by atoms with Crippen molar-refractivity contribution >= 4 is 11.6 Å². The molecule has 1 saturated carbocycles. The predicted molar refractivity (Wildman–Crippen MR) is 83.2 cm³/mol. The molecule has 0 spiro atoms. The number of anilines is 1. The van der Waals surface area contributed by atoms with Crippen LogP contribution in [0.25, 0.3) is 0 Å². The third-order valence-corrected chi connectivity index (χ3v) is 3.52. The number of hydrogen-bond acceptors (Lipinski definition) is 3. The van der Waals surface area contributed by atoms with Gasteiger partial charge in [-0.1, -0.05) is 12.1 Å². The SMILES string of the molecule is Cc1cncc(C(=O)Nc2ccc(CNC3CC3)cc2)c1. The molecule has 3 rings (SSSR count). The average Bonchev–Trinajstić information content (AvgIpc) is 3.31. The highest BCUT2D eigenvalue weighted by Crippen LogP contribution is 2.19. The molecule has 108 valence electrons. The quantitative estimate of drug-likeness (QED) is 0.886. The minimum atomic E-state index is -0.130. The van der Waals surface area contributed by atoms with E-state index in [0.717, 1.165) is 17.8 Å². The molecule has 4 nitrogen and oxygen atoms in total. The Hall–Kier alpha value is -2.20. The van der Waals surface area contributed by atoms with Crippen molar-refractivity contribution in [3.05, 3.63) is 59.4 Å². The van der Waals surface area contributed by atoms with E-state index in [1.165, 1.54) is 18.4 Å². The smallest absolute Gasteiger partial charge is 0.257 e. The highest BCUT2D eigenvalue weighted by molar-refractivity contribution is 6.04. The zero-order chi connectivity index (χ0) is 14.7. The van der Waals surface area contributed by atoms with Gasteiger partial charge in [-0.15, -0.1) is 0 Å². The molecular weight excluding hydrogens is 262 g/mol. The monoisotopic (exact) mass is 281 g/mol. The van der Waals surface area contributed by atoms with E-state index in [4.69, 9.17) is 0 Å². The Bertz CT molecular complexity index is 633. The molecule has 4 heteroatoms. The molecule has 1 fully saturated rings. The number of benzene rings is 1. The molecule has 1 aromatic carbocycles. The topological polar surface area (TPSA) is 54.0 Å². The molecule has 0 atom stereocenters. The van der Waals surface area contributed by atoms with Crippen LogP contribution in [0, 0.1) is 6.92 Å². The molecule has 0 unspecified atom stereocenters. The normalized spacial score (nSPS) is 14.0. The first-order valence-electron chi connectivity index (χ1n) is 7.26. The highest BCUT2D eigenvalue weighted by Gasteiger charge is 2.19. The Morgan fingerprint density at radius 1 is 1.24 bits per heavy atom. The van der Waals surface area contributed by atoms with Gasteiger partial charge in [-0.25, -0.2) is 0 Å². The van der Waals surface area contributed by atoms with Gasteiger partial charge in [0.05, 0.1) is 5.56 Å². The van der Waals surface area contributed by atoms with Crippen molar-refractivity contribution < 1.29 is 4.79 Å². The molecule has 1 aromatic heterocycles. The fraction of sp³-hybridized carbons (Fsp3) is 0.294. The summed E-state index contributed by atoms with van der Waals surface area (Å²) in [5.41, 5.74) is 3.59. The van der Waals surface area contributed by atoms with Gasteiger partial charge >= 0.3 is 0 Å². The highest BCUT2D eigenvalue weighted by atomic mass is 16.1. The summed E-state index contributed by atoms with van der Waals surface area (Å²) >= 11 is 0. The van der Waals surface area contributed by atoms with Gasteiger partial charge in [-0.05, 0) is 49.1 Å². The van der Waals surface area contributed by atoms with Crippen LogP contribution in [0.5, 0.6) is 0 Å². The van der Waals surface area contributed by atoms with Crippen LogP contribution in [-0.2, 0) is 6.54 Å². The lowest BCUT2D eigenvalue weighted by molar-refractivity contribution is 0.102. The number of carbonyl (C=O) groups is 1. The van der Waals surface area contributed by atoms with Crippen LogP contribution in [-0.4, -0.2) is 16.9 Å². The third-order valence-electron chi connectivity index (χ3n) is 3.52. The summed E-state index contributed by atoms with van der Waals surface area (Å²) in [5, 5.41) is 6.36. The second-order valence-corrected chi connectivity index (χ2v) is 5.56. The molecule has 1 aliphatic rings. The lowest BCUT2D eigenvalue weighted by Gasteiger charge is -2.07. The average molecular weight is 281 g/mol. The van der Waals surface area contributed by atoms with Gasteiger partial charge in [-0.2, -0.15) is 0 Å². The van der Waals surface area contributed by atoms with Crippen molar-refractivity contribution in [1.29, 1.82) is 0 Å². The number of carbonyl (C=O) groups excluding carboxylic acids is 1. The minimum Gasteiger partial charge on any atom is -0.322 e.